The molecule has 0 saturated heterocycles. The first-order valence-corrected chi connectivity index (χ1v) is 6.25. The van der Waals surface area contributed by atoms with E-state index in [1.54, 1.807) is 6.92 Å². The molecule has 1 aromatic rings. The van der Waals surface area contributed by atoms with Crippen molar-refractivity contribution in [3.05, 3.63) is 35.6 Å². The quantitative estimate of drug-likeness (QED) is 0.797. The van der Waals surface area contributed by atoms with Gasteiger partial charge in [-0.1, -0.05) is 6.92 Å². The molecular formula is C14H16FNO4. The van der Waals surface area contributed by atoms with Gasteiger partial charge in [-0.05, 0) is 30.7 Å². The molecule has 0 fully saturated rings. The van der Waals surface area contributed by atoms with Crippen LogP contribution in [0.3, 0.4) is 0 Å². The number of amides is 1. The van der Waals surface area contributed by atoms with Gasteiger partial charge in [-0.2, -0.15) is 0 Å². The number of carboxylic acid groups (broad SMARTS) is 1. The molecule has 2 N–H and O–H groups in total. The van der Waals surface area contributed by atoms with Crippen molar-refractivity contribution in [2.75, 3.05) is 0 Å². The summed E-state index contributed by atoms with van der Waals surface area (Å²) < 4.78 is 12.7. The van der Waals surface area contributed by atoms with E-state index in [0.717, 1.165) is 12.1 Å². The fraction of sp³-hybridized carbons (Fsp3) is 0.357. The van der Waals surface area contributed by atoms with Crippen molar-refractivity contribution in [1.82, 2.24) is 5.32 Å². The monoisotopic (exact) mass is 281 g/mol. The number of aliphatic carboxylic acids is 1. The van der Waals surface area contributed by atoms with Gasteiger partial charge in [-0.15, -0.1) is 0 Å². The van der Waals surface area contributed by atoms with Crippen LogP contribution >= 0.6 is 0 Å². The summed E-state index contributed by atoms with van der Waals surface area (Å²) in [6, 6.07) is 3.63. The number of nitrogens with one attached hydrogen (secondary N) is 1. The summed E-state index contributed by atoms with van der Waals surface area (Å²) in [5.74, 6) is -2.36. The van der Waals surface area contributed by atoms with Gasteiger partial charge in [-0.25, -0.2) is 9.18 Å². The van der Waals surface area contributed by atoms with Gasteiger partial charge in [0.1, 0.15) is 17.6 Å². The molecule has 0 radical (unpaired) electrons. The molecule has 0 saturated carbocycles. The maximum atomic E-state index is 12.7. The van der Waals surface area contributed by atoms with Crippen molar-refractivity contribution in [3.8, 4) is 0 Å². The molecule has 0 aliphatic heterocycles. The van der Waals surface area contributed by atoms with Gasteiger partial charge in [0.2, 0.25) is 0 Å². The third-order valence-electron chi connectivity index (χ3n) is 2.82. The second kappa shape index (κ2) is 7.37. The van der Waals surface area contributed by atoms with Gasteiger partial charge in [-0.3, -0.25) is 9.59 Å². The largest absolute Gasteiger partial charge is 0.480 e. The molecule has 1 atom stereocenters. The van der Waals surface area contributed by atoms with E-state index >= 15 is 0 Å². The lowest BCUT2D eigenvalue weighted by molar-refractivity contribution is -0.139. The number of benzene rings is 1. The van der Waals surface area contributed by atoms with E-state index in [-0.39, 0.29) is 24.2 Å². The van der Waals surface area contributed by atoms with Crippen molar-refractivity contribution in [3.63, 3.8) is 0 Å². The first-order chi connectivity index (χ1) is 9.43. The Hall–Kier alpha value is -2.24. The van der Waals surface area contributed by atoms with Gasteiger partial charge >= 0.3 is 5.97 Å². The Labute approximate surface area is 115 Å². The van der Waals surface area contributed by atoms with Crippen molar-refractivity contribution >= 4 is 17.7 Å². The number of halogens is 1. The van der Waals surface area contributed by atoms with E-state index in [2.05, 4.69) is 5.32 Å². The number of hydrogen-bond donors (Lipinski definition) is 2. The molecule has 1 aromatic carbocycles. The van der Waals surface area contributed by atoms with E-state index in [0.29, 0.717) is 6.42 Å². The van der Waals surface area contributed by atoms with Crippen LogP contribution in [-0.2, 0) is 9.59 Å². The van der Waals surface area contributed by atoms with Gasteiger partial charge in [0.05, 0.1) is 0 Å². The maximum Gasteiger partial charge on any atom is 0.326 e. The molecular weight excluding hydrogens is 265 g/mol. The lowest BCUT2D eigenvalue weighted by atomic mass is 10.1. The summed E-state index contributed by atoms with van der Waals surface area (Å²) in [6.07, 6.45) is 0.463. The van der Waals surface area contributed by atoms with Gasteiger partial charge in [0.15, 0.2) is 0 Å². The van der Waals surface area contributed by atoms with E-state index < -0.39 is 23.7 Å². The summed E-state index contributed by atoms with van der Waals surface area (Å²) in [5, 5.41) is 11.3. The minimum absolute atomic E-state index is 0.0366. The molecule has 5 nitrogen and oxygen atoms in total. The summed E-state index contributed by atoms with van der Waals surface area (Å²) >= 11 is 0. The molecule has 0 aromatic heterocycles. The first kappa shape index (κ1) is 15.8. The fourth-order valence-electron chi connectivity index (χ4n) is 1.58. The predicted octanol–water partition coefficient (Wildman–Crippen LogP) is 1.77. The highest BCUT2D eigenvalue weighted by molar-refractivity contribution is 5.96. The van der Waals surface area contributed by atoms with Gasteiger partial charge < -0.3 is 10.4 Å². The number of carboxylic acids is 1. The highest BCUT2D eigenvalue weighted by atomic mass is 19.1. The van der Waals surface area contributed by atoms with Gasteiger partial charge in [0, 0.05) is 18.4 Å². The average Bonchev–Trinajstić information content (AvgIpc) is 2.43. The number of carbonyl (C=O) groups is 3. The molecule has 1 rings (SSSR count). The van der Waals surface area contributed by atoms with E-state index in [4.69, 9.17) is 5.11 Å². The standard InChI is InChI=1S/C14H16FNO4/c1-2-11(17)7-8-12(14(19)20)16-13(18)9-3-5-10(15)6-4-9/h3-6,12H,2,7-8H2,1H3,(H,16,18)(H,19,20)/t12-/m0/s1. The Morgan fingerprint density at radius 3 is 2.35 bits per heavy atom. The Kier molecular flexibility index (Phi) is 5.83. The van der Waals surface area contributed by atoms with Crippen molar-refractivity contribution in [2.45, 2.75) is 32.2 Å². The predicted molar refractivity (Wildman–Crippen MR) is 69.8 cm³/mol. The van der Waals surface area contributed by atoms with Crippen LogP contribution in [-0.4, -0.2) is 28.8 Å². The second-order valence-corrected chi connectivity index (χ2v) is 4.30. The molecule has 0 unspecified atom stereocenters. The third-order valence-corrected chi connectivity index (χ3v) is 2.82. The SMILES string of the molecule is CCC(=O)CC[C@H](NC(=O)c1ccc(F)cc1)C(=O)O. The number of Topliss-reactive ketones (excluding diaryl/α,β-unsaturated/α-hetero) is 1. The maximum absolute atomic E-state index is 12.7. The smallest absolute Gasteiger partial charge is 0.326 e. The zero-order valence-corrected chi connectivity index (χ0v) is 11.1. The molecule has 0 aliphatic rings. The Balaban J connectivity index is 2.65. The number of ketones is 1. The Bertz CT molecular complexity index is 498. The topological polar surface area (TPSA) is 83.5 Å². The van der Waals surface area contributed by atoms with Gasteiger partial charge in [0.25, 0.3) is 5.91 Å². The third kappa shape index (κ3) is 4.79. The van der Waals surface area contributed by atoms with E-state index in [1.807, 2.05) is 0 Å². The van der Waals surface area contributed by atoms with Crippen LogP contribution in [0.4, 0.5) is 4.39 Å². The van der Waals surface area contributed by atoms with Crippen LogP contribution in [0.15, 0.2) is 24.3 Å². The number of rotatable bonds is 7. The van der Waals surface area contributed by atoms with Crippen LogP contribution in [0.1, 0.15) is 36.5 Å². The molecule has 1 amide bonds. The first-order valence-electron chi connectivity index (χ1n) is 6.25. The molecule has 0 aliphatic carbocycles. The number of carbonyl (C=O) groups excluding carboxylic acids is 2. The van der Waals surface area contributed by atoms with Crippen LogP contribution in [0.25, 0.3) is 0 Å². The molecule has 0 heterocycles. The van der Waals surface area contributed by atoms with Crippen LogP contribution in [0, 0.1) is 5.82 Å². The van der Waals surface area contributed by atoms with E-state index in [1.165, 1.54) is 12.1 Å². The molecule has 6 heteroatoms. The van der Waals surface area contributed by atoms with Crippen molar-refractivity contribution < 1.29 is 23.9 Å². The van der Waals surface area contributed by atoms with Crippen molar-refractivity contribution in [2.24, 2.45) is 0 Å². The summed E-state index contributed by atoms with van der Waals surface area (Å²) in [7, 11) is 0. The Morgan fingerprint density at radius 2 is 1.85 bits per heavy atom. The van der Waals surface area contributed by atoms with Crippen LogP contribution < -0.4 is 5.32 Å². The average molecular weight is 281 g/mol. The second-order valence-electron chi connectivity index (χ2n) is 4.30. The lowest BCUT2D eigenvalue weighted by Gasteiger charge is -2.14. The molecule has 108 valence electrons. The minimum Gasteiger partial charge on any atom is -0.480 e. The van der Waals surface area contributed by atoms with Crippen molar-refractivity contribution in [1.29, 1.82) is 0 Å². The van der Waals surface area contributed by atoms with Crippen LogP contribution in [0.5, 0.6) is 0 Å². The summed E-state index contributed by atoms with van der Waals surface area (Å²) in [6.45, 7) is 1.69. The van der Waals surface area contributed by atoms with E-state index in [9.17, 15) is 18.8 Å². The summed E-state index contributed by atoms with van der Waals surface area (Å²) in [4.78, 5) is 34.0. The fourth-order valence-corrected chi connectivity index (χ4v) is 1.58. The zero-order chi connectivity index (χ0) is 15.1. The highest BCUT2D eigenvalue weighted by Gasteiger charge is 2.21. The molecule has 20 heavy (non-hydrogen) atoms. The zero-order valence-electron chi connectivity index (χ0n) is 11.1. The normalized spacial score (nSPS) is 11.7. The van der Waals surface area contributed by atoms with Crippen LogP contribution in [0.2, 0.25) is 0 Å². The lowest BCUT2D eigenvalue weighted by Crippen LogP contribution is -2.41. The number of hydrogen-bond acceptors (Lipinski definition) is 3. The minimum atomic E-state index is -1.20. The molecule has 0 spiro atoms. The Morgan fingerprint density at radius 1 is 1.25 bits per heavy atom. The summed E-state index contributed by atoms with van der Waals surface area (Å²) in [5.41, 5.74) is 0.166. The molecule has 0 bridgehead atoms. The highest BCUT2D eigenvalue weighted by Crippen LogP contribution is 2.06.